The molecule has 0 fully saturated rings. The third kappa shape index (κ3) is 8.55. The predicted octanol–water partition coefficient (Wildman–Crippen LogP) is 3.36. The fraction of sp³-hybridized carbons (Fsp3) is 0.611. The zero-order valence-corrected chi connectivity index (χ0v) is 17.5. The van der Waals surface area contributed by atoms with Gasteiger partial charge in [-0.05, 0) is 57.2 Å². The molecule has 0 amide bonds. The maximum Gasteiger partial charge on any atom is 0.190 e. The van der Waals surface area contributed by atoms with Crippen molar-refractivity contribution in [3.63, 3.8) is 0 Å². The van der Waals surface area contributed by atoms with E-state index in [0.29, 0.717) is 0 Å². The van der Waals surface area contributed by atoms with E-state index < -0.39 is 0 Å². The zero-order chi connectivity index (χ0) is 16.4. The van der Waals surface area contributed by atoms with Crippen LogP contribution in [0.3, 0.4) is 0 Å². The Bertz CT molecular complexity index is 466. The van der Waals surface area contributed by atoms with Gasteiger partial charge in [-0.3, -0.25) is 4.99 Å². The molecule has 0 aliphatic carbocycles. The Hall–Kier alpha value is -0.820. The van der Waals surface area contributed by atoms with Crippen LogP contribution in [0.2, 0.25) is 0 Å². The molecule has 0 bridgehead atoms. The third-order valence-electron chi connectivity index (χ3n) is 3.69. The van der Waals surface area contributed by atoms with Crippen LogP contribution in [-0.2, 0) is 11.2 Å². The molecule has 1 aromatic carbocycles. The molecule has 0 aromatic heterocycles. The summed E-state index contributed by atoms with van der Waals surface area (Å²) in [7, 11) is 1.81. The lowest BCUT2D eigenvalue weighted by molar-refractivity contribution is 0.145. The highest BCUT2D eigenvalue weighted by molar-refractivity contribution is 14.0. The number of ether oxygens (including phenoxy) is 1. The normalized spacial score (nSPS) is 11.1. The van der Waals surface area contributed by atoms with Crippen LogP contribution in [0, 0.1) is 20.8 Å². The van der Waals surface area contributed by atoms with E-state index in [1.807, 2.05) is 6.92 Å². The quantitative estimate of drug-likeness (QED) is 0.286. The molecule has 0 saturated carbocycles. The number of halogens is 1. The van der Waals surface area contributed by atoms with Gasteiger partial charge >= 0.3 is 0 Å². The zero-order valence-electron chi connectivity index (χ0n) is 15.2. The average Bonchev–Trinajstić information content (AvgIpc) is 2.47. The molecule has 0 unspecified atom stereocenters. The topological polar surface area (TPSA) is 45.6 Å². The van der Waals surface area contributed by atoms with Crippen molar-refractivity contribution in [1.82, 2.24) is 10.6 Å². The van der Waals surface area contributed by atoms with Crippen molar-refractivity contribution in [2.75, 3.05) is 33.4 Å². The van der Waals surface area contributed by atoms with Crippen LogP contribution in [0.25, 0.3) is 0 Å². The number of hydrogen-bond donors (Lipinski definition) is 2. The van der Waals surface area contributed by atoms with Gasteiger partial charge in [-0.2, -0.15) is 0 Å². The minimum Gasteiger partial charge on any atom is -0.382 e. The average molecular weight is 433 g/mol. The number of nitrogens with zero attached hydrogens (tertiary/aromatic N) is 1. The van der Waals surface area contributed by atoms with Gasteiger partial charge in [0.1, 0.15) is 0 Å². The second-order valence-corrected chi connectivity index (χ2v) is 5.60. The summed E-state index contributed by atoms with van der Waals surface area (Å²) >= 11 is 0. The standard InChI is InChI=1S/C18H31N3O.HI/c1-6-22-11-7-9-20-18(19-5)21-10-8-17-15(3)12-14(2)13-16(17)4;/h12-13H,6-11H2,1-5H3,(H2,19,20,21);1H. The lowest BCUT2D eigenvalue weighted by Gasteiger charge is -2.14. The summed E-state index contributed by atoms with van der Waals surface area (Å²) < 4.78 is 5.32. The number of nitrogens with one attached hydrogen (secondary N) is 2. The van der Waals surface area contributed by atoms with E-state index in [1.165, 1.54) is 22.3 Å². The van der Waals surface area contributed by atoms with Crippen molar-refractivity contribution in [2.45, 2.75) is 40.5 Å². The van der Waals surface area contributed by atoms with Crippen molar-refractivity contribution >= 4 is 29.9 Å². The number of benzene rings is 1. The van der Waals surface area contributed by atoms with Gasteiger partial charge in [0.05, 0.1) is 0 Å². The Morgan fingerprint density at radius 1 is 1.09 bits per heavy atom. The van der Waals surface area contributed by atoms with Crippen LogP contribution in [0.5, 0.6) is 0 Å². The summed E-state index contributed by atoms with van der Waals surface area (Å²) in [5.74, 6) is 0.860. The summed E-state index contributed by atoms with van der Waals surface area (Å²) in [6, 6.07) is 4.51. The van der Waals surface area contributed by atoms with Gasteiger partial charge in [-0.25, -0.2) is 0 Å². The van der Waals surface area contributed by atoms with Crippen LogP contribution in [0.4, 0.5) is 0 Å². The summed E-state index contributed by atoms with van der Waals surface area (Å²) in [6.07, 6.45) is 2.00. The molecule has 1 rings (SSSR count). The van der Waals surface area contributed by atoms with Gasteiger partial charge in [-0.1, -0.05) is 17.7 Å². The van der Waals surface area contributed by atoms with Crippen LogP contribution in [0.15, 0.2) is 17.1 Å². The molecule has 1 aromatic rings. The molecule has 4 nitrogen and oxygen atoms in total. The molecule has 2 N–H and O–H groups in total. The van der Waals surface area contributed by atoms with Gasteiger partial charge < -0.3 is 15.4 Å². The highest BCUT2D eigenvalue weighted by atomic mass is 127. The Morgan fingerprint density at radius 2 is 1.70 bits per heavy atom. The number of hydrogen-bond acceptors (Lipinski definition) is 2. The number of guanidine groups is 1. The van der Waals surface area contributed by atoms with E-state index in [1.54, 1.807) is 7.05 Å². The molecule has 0 atom stereocenters. The highest BCUT2D eigenvalue weighted by Gasteiger charge is 2.04. The lowest BCUT2D eigenvalue weighted by atomic mass is 9.97. The molecule has 0 spiro atoms. The molecule has 0 heterocycles. The molecule has 5 heteroatoms. The summed E-state index contributed by atoms with van der Waals surface area (Å²) in [6.45, 7) is 11.9. The second kappa shape index (κ2) is 12.6. The van der Waals surface area contributed by atoms with Gasteiger partial charge in [0, 0.05) is 33.4 Å². The Balaban J connectivity index is 0.00000484. The summed E-state index contributed by atoms with van der Waals surface area (Å²) in [5.41, 5.74) is 5.52. The van der Waals surface area contributed by atoms with Gasteiger partial charge in [-0.15, -0.1) is 24.0 Å². The van der Waals surface area contributed by atoms with Crippen LogP contribution in [0.1, 0.15) is 35.6 Å². The van der Waals surface area contributed by atoms with Gasteiger partial charge in [0.2, 0.25) is 0 Å². The second-order valence-electron chi connectivity index (χ2n) is 5.60. The van der Waals surface area contributed by atoms with Crippen molar-refractivity contribution in [3.8, 4) is 0 Å². The fourth-order valence-electron chi connectivity index (χ4n) is 2.66. The first-order valence-electron chi connectivity index (χ1n) is 8.17. The Morgan fingerprint density at radius 3 is 2.26 bits per heavy atom. The molecule has 0 saturated heterocycles. The smallest absolute Gasteiger partial charge is 0.190 e. The van der Waals surface area contributed by atoms with E-state index in [2.05, 4.69) is 48.5 Å². The molecule has 0 aliphatic rings. The van der Waals surface area contributed by atoms with Crippen molar-refractivity contribution in [3.05, 3.63) is 34.4 Å². The first-order chi connectivity index (χ1) is 10.6. The summed E-state index contributed by atoms with van der Waals surface area (Å²) in [4.78, 5) is 4.25. The minimum absolute atomic E-state index is 0. The van der Waals surface area contributed by atoms with Crippen LogP contribution in [-0.4, -0.2) is 39.3 Å². The highest BCUT2D eigenvalue weighted by Crippen LogP contribution is 2.16. The SMILES string of the molecule is CCOCCCNC(=NC)NCCc1c(C)cc(C)cc1C.I. The third-order valence-corrected chi connectivity index (χ3v) is 3.69. The van der Waals surface area contributed by atoms with E-state index in [9.17, 15) is 0 Å². The molecular weight excluding hydrogens is 401 g/mol. The van der Waals surface area contributed by atoms with Crippen LogP contribution < -0.4 is 10.6 Å². The maximum atomic E-state index is 5.32. The van der Waals surface area contributed by atoms with E-state index >= 15 is 0 Å². The lowest BCUT2D eigenvalue weighted by Crippen LogP contribution is -2.39. The largest absolute Gasteiger partial charge is 0.382 e. The first-order valence-corrected chi connectivity index (χ1v) is 8.17. The predicted molar refractivity (Wildman–Crippen MR) is 110 cm³/mol. The fourth-order valence-corrected chi connectivity index (χ4v) is 2.66. The number of aryl methyl sites for hydroxylation is 3. The van der Waals surface area contributed by atoms with Crippen molar-refractivity contribution in [1.29, 1.82) is 0 Å². The van der Waals surface area contributed by atoms with Gasteiger partial charge in [0.25, 0.3) is 0 Å². The molecule has 0 radical (unpaired) electrons. The molecule has 0 aliphatic heterocycles. The Kier molecular flexibility index (Phi) is 12.1. The summed E-state index contributed by atoms with van der Waals surface area (Å²) in [5, 5.41) is 6.69. The first kappa shape index (κ1) is 22.2. The molecule has 23 heavy (non-hydrogen) atoms. The minimum atomic E-state index is 0. The van der Waals surface area contributed by atoms with Gasteiger partial charge in [0.15, 0.2) is 5.96 Å². The number of aliphatic imine (C=N–C) groups is 1. The van der Waals surface area contributed by atoms with Crippen molar-refractivity contribution < 1.29 is 4.74 Å². The maximum absolute atomic E-state index is 5.32. The van der Waals surface area contributed by atoms with Crippen LogP contribution >= 0.6 is 24.0 Å². The molecular formula is C18H32IN3O. The van der Waals surface area contributed by atoms with E-state index in [-0.39, 0.29) is 24.0 Å². The Labute approximate surface area is 158 Å². The van der Waals surface area contributed by atoms with E-state index in [4.69, 9.17) is 4.74 Å². The molecule has 132 valence electrons. The van der Waals surface area contributed by atoms with Crippen molar-refractivity contribution in [2.24, 2.45) is 4.99 Å². The monoisotopic (exact) mass is 433 g/mol. The number of rotatable bonds is 8. The van der Waals surface area contributed by atoms with E-state index in [0.717, 1.165) is 45.1 Å².